The normalized spacial score (nSPS) is 10.6. The van der Waals surface area contributed by atoms with Crippen molar-refractivity contribution in [1.82, 2.24) is 4.98 Å². The van der Waals surface area contributed by atoms with Crippen LogP contribution in [0.15, 0.2) is 48.0 Å². The summed E-state index contributed by atoms with van der Waals surface area (Å²) in [5.41, 5.74) is 1.95. The maximum atomic E-state index is 6.46. The Bertz CT molecular complexity index is 857. The lowest BCUT2D eigenvalue weighted by Gasteiger charge is -2.15. The number of rotatable bonds is 8. The smallest absolute Gasteiger partial charge is 0.182 e. The van der Waals surface area contributed by atoms with Crippen molar-refractivity contribution in [3.63, 3.8) is 0 Å². The number of nitrogens with zero attached hydrogens (tertiary/aromatic N) is 1. The molecular weight excluding hydrogens is 391 g/mol. The first-order valence-electron chi connectivity index (χ1n) is 8.11. The summed E-state index contributed by atoms with van der Waals surface area (Å²) in [5.74, 6) is 1.16. The van der Waals surface area contributed by atoms with E-state index in [4.69, 9.17) is 32.7 Å². The topological polar surface area (TPSA) is 43.4 Å². The van der Waals surface area contributed by atoms with Crippen LogP contribution in [-0.2, 0) is 13.2 Å². The molecule has 4 nitrogen and oxygen atoms in total. The molecule has 0 aliphatic rings. The number of halogens is 2. The lowest BCUT2D eigenvalue weighted by Crippen LogP contribution is -2.04. The van der Waals surface area contributed by atoms with Crippen LogP contribution in [0.3, 0.4) is 0 Å². The van der Waals surface area contributed by atoms with Gasteiger partial charge in [0, 0.05) is 23.1 Å². The Kier molecular flexibility index (Phi) is 6.61. The van der Waals surface area contributed by atoms with E-state index in [-0.39, 0.29) is 0 Å². The van der Waals surface area contributed by atoms with Crippen LogP contribution in [0.4, 0.5) is 5.13 Å². The second kappa shape index (κ2) is 9.12. The van der Waals surface area contributed by atoms with Gasteiger partial charge in [-0.25, -0.2) is 4.98 Å². The van der Waals surface area contributed by atoms with E-state index in [0.29, 0.717) is 41.3 Å². The van der Waals surface area contributed by atoms with Crippen molar-refractivity contribution in [2.24, 2.45) is 0 Å². The third-order valence-electron chi connectivity index (χ3n) is 3.52. The molecule has 0 fully saturated rings. The summed E-state index contributed by atoms with van der Waals surface area (Å²) in [6, 6.07) is 11.3. The number of thiazole rings is 1. The third kappa shape index (κ3) is 5.04. The predicted octanol–water partition coefficient (Wildman–Crippen LogP) is 6.04. The van der Waals surface area contributed by atoms with E-state index < -0.39 is 0 Å². The molecule has 1 aromatic heterocycles. The van der Waals surface area contributed by atoms with E-state index in [0.717, 1.165) is 16.3 Å². The Balaban J connectivity index is 1.75. The van der Waals surface area contributed by atoms with Gasteiger partial charge in [-0.05, 0) is 42.3 Å². The minimum Gasteiger partial charge on any atom is -0.490 e. The summed E-state index contributed by atoms with van der Waals surface area (Å²) >= 11 is 14.0. The van der Waals surface area contributed by atoms with Gasteiger partial charge in [0.05, 0.1) is 11.6 Å². The summed E-state index contributed by atoms with van der Waals surface area (Å²) in [6.07, 6.45) is 1.76. The Morgan fingerprint density at radius 2 is 2.00 bits per heavy atom. The number of ether oxygens (including phenoxy) is 2. The van der Waals surface area contributed by atoms with E-state index in [1.165, 1.54) is 0 Å². The maximum absolute atomic E-state index is 6.46. The molecule has 0 aliphatic heterocycles. The highest BCUT2D eigenvalue weighted by atomic mass is 35.5. The van der Waals surface area contributed by atoms with Crippen molar-refractivity contribution in [2.75, 3.05) is 11.9 Å². The minimum atomic E-state index is 0.358. The van der Waals surface area contributed by atoms with Crippen LogP contribution in [0.2, 0.25) is 10.0 Å². The van der Waals surface area contributed by atoms with E-state index in [1.54, 1.807) is 17.5 Å². The molecule has 3 rings (SSSR count). The molecule has 0 bridgehead atoms. The summed E-state index contributed by atoms with van der Waals surface area (Å²) in [7, 11) is 0. The zero-order valence-electron chi connectivity index (χ0n) is 14.2. The fraction of sp³-hybridized carbons (Fsp3) is 0.211. The summed E-state index contributed by atoms with van der Waals surface area (Å²) in [5, 5.41) is 7.22. The van der Waals surface area contributed by atoms with Crippen molar-refractivity contribution >= 4 is 39.7 Å². The molecule has 0 amide bonds. The molecule has 0 spiro atoms. The summed E-state index contributed by atoms with van der Waals surface area (Å²) in [6.45, 7) is 3.40. The molecule has 0 radical (unpaired) electrons. The molecule has 3 aromatic rings. The van der Waals surface area contributed by atoms with E-state index in [9.17, 15) is 0 Å². The van der Waals surface area contributed by atoms with Crippen LogP contribution in [0, 0.1) is 0 Å². The molecule has 136 valence electrons. The molecular formula is C19H18Cl2N2O2S. The second-order valence-electron chi connectivity index (χ2n) is 5.45. The number of benzene rings is 2. The van der Waals surface area contributed by atoms with Crippen LogP contribution in [0.1, 0.15) is 18.1 Å². The molecule has 0 aliphatic carbocycles. The molecule has 2 aromatic carbocycles. The first-order chi connectivity index (χ1) is 12.7. The van der Waals surface area contributed by atoms with Gasteiger partial charge in [0.25, 0.3) is 0 Å². The average Bonchev–Trinajstić information content (AvgIpc) is 3.13. The average molecular weight is 409 g/mol. The Morgan fingerprint density at radius 3 is 2.73 bits per heavy atom. The molecule has 1 heterocycles. The van der Waals surface area contributed by atoms with E-state index in [2.05, 4.69) is 10.3 Å². The van der Waals surface area contributed by atoms with Gasteiger partial charge < -0.3 is 14.8 Å². The predicted molar refractivity (Wildman–Crippen MR) is 108 cm³/mol. The fourth-order valence-electron chi connectivity index (χ4n) is 2.40. The van der Waals surface area contributed by atoms with Crippen molar-refractivity contribution in [3.05, 3.63) is 69.1 Å². The molecule has 1 N–H and O–H groups in total. The zero-order valence-corrected chi connectivity index (χ0v) is 16.5. The lowest BCUT2D eigenvalue weighted by atomic mass is 10.2. The van der Waals surface area contributed by atoms with Crippen molar-refractivity contribution < 1.29 is 9.47 Å². The van der Waals surface area contributed by atoms with Crippen LogP contribution in [0.5, 0.6) is 11.5 Å². The highest BCUT2D eigenvalue weighted by Crippen LogP contribution is 2.37. The second-order valence-corrected chi connectivity index (χ2v) is 7.19. The van der Waals surface area contributed by atoms with Crippen molar-refractivity contribution in [1.29, 1.82) is 0 Å². The molecule has 0 atom stereocenters. The van der Waals surface area contributed by atoms with Gasteiger partial charge in [-0.15, -0.1) is 11.3 Å². The van der Waals surface area contributed by atoms with Crippen LogP contribution in [0.25, 0.3) is 0 Å². The molecule has 0 saturated heterocycles. The number of anilines is 1. The van der Waals surface area contributed by atoms with Gasteiger partial charge in [-0.2, -0.15) is 0 Å². The van der Waals surface area contributed by atoms with Gasteiger partial charge in [0.2, 0.25) is 0 Å². The van der Waals surface area contributed by atoms with E-state index >= 15 is 0 Å². The fourth-order valence-corrected chi connectivity index (χ4v) is 3.43. The van der Waals surface area contributed by atoms with Gasteiger partial charge in [-0.3, -0.25) is 0 Å². The van der Waals surface area contributed by atoms with Crippen LogP contribution >= 0.6 is 34.5 Å². The zero-order chi connectivity index (χ0) is 18.4. The number of aromatic nitrogens is 1. The third-order valence-corrected chi connectivity index (χ3v) is 4.76. The number of hydrogen-bond donors (Lipinski definition) is 1. The van der Waals surface area contributed by atoms with E-state index in [1.807, 2.05) is 48.7 Å². The first kappa shape index (κ1) is 18.8. The first-order valence-corrected chi connectivity index (χ1v) is 9.75. The standard InChI is InChI=1S/C19H18Cl2N2O2S/c1-2-24-17-10-14(11-23-19-22-6-7-26-19)9-16(21)18(17)25-12-13-4-3-5-15(20)8-13/h3-10H,2,11-12H2,1H3,(H,22,23). The highest BCUT2D eigenvalue weighted by molar-refractivity contribution is 7.13. The quantitative estimate of drug-likeness (QED) is 0.493. The number of nitrogens with one attached hydrogen (secondary N) is 1. The SMILES string of the molecule is CCOc1cc(CNc2nccs2)cc(Cl)c1OCc1cccc(Cl)c1. The van der Waals surface area contributed by atoms with Crippen molar-refractivity contribution in [3.8, 4) is 11.5 Å². The largest absolute Gasteiger partial charge is 0.490 e. The summed E-state index contributed by atoms with van der Waals surface area (Å²) in [4.78, 5) is 4.21. The monoisotopic (exact) mass is 408 g/mol. The highest BCUT2D eigenvalue weighted by Gasteiger charge is 2.13. The van der Waals surface area contributed by atoms with Gasteiger partial charge in [0.15, 0.2) is 16.6 Å². The molecule has 0 unspecified atom stereocenters. The minimum absolute atomic E-state index is 0.358. The molecule has 7 heteroatoms. The summed E-state index contributed by atoms with van der Waals surface area (Å²) < 4.78 is 11.7. The van der Waals surface area contributed by atoms with Crippen LogP contribution < -0.4 is 14.8 Å². The van der Waals surface area contributed by atoms with Gasteiger partial charge in [0.1, 0.15) is 6.61 Å². The maximum Gasteiger partial charge on any atom is 0.182 e. The Labute approximate surface area is 166 Å². The van der Waals surface area contributed by atoms with Gasteiger partial charge in [-0.1, -0.05) is 35.3 Å². The lowest BCUT2D eigenvalue weighted by molar-refractivity contribution is 0.269. The Hall–Kier alpha value is -1.95. The van der Waals surface area contributed by atoms with Gasteiger partial charge >= 0.3 is 0 Å². The molecule has 0 saturated carbocycles. The molecule has 26 heavy (non-hydrogen) atoms. The van der Waals surface area contributed by atoms with Crippen molar-refractivity contribution in [2.45, 2.75) is 20.1 Å². The number of hydrogen-bond acceptors (Lipinski definition) is 5. The Morgan fingerprint density at radius 1 is 1.12 bits per heavy atom. The van der Waals surface area contributed by atoms with Crippen LogP contribution in [-0.4, -0.2) is 11.6 Å².